The minimum absolute atomic E-state index is 0.0647. The Hall–Kier alpha value is -3.87. The van der Waals surface area contributed by atoms with Gasteiger partial charge in [0, 0.05) is 43.2 Å². The topological polar surface area (TPSA) is 82.2 Å². The number of rotatable bonds is 4. The first-order valence-corrected chi connectivity index (χ1v) is 14.8. The fourth-order valence-electron chi connectivity index (χ4n) is 7.65. The zero-order valence-corrected chi connectivity index (χ0v) is 23.6. The molecule has 2 saturated carbocycles. The molecule has 2 aromatic heterocycles. The number of nitriles is 1. The van der Waals surface area contributed by atoms with Gasteiger partial charge in [0.25, 0.3) is 5.91 Å². The summed E-state index contributed by atoms with van der Waals surface area (Å²) in [5.41, 5.74) is -0.911. The van der Waals surface area contributed by atoms with Gasteiger partial charge >= 0.3 is 6.18 Å². The monoisotopic (exact) mass is 577 g/mol. The second kappa shape index (κ2) is 11.1. The van der Waals surface area contributed by atoms with Crippen molar-refractivity contribution in [1.82, 2.24) is 14.5 Å². The van der Waals surface area contributed by atoms with E-state index in [1.54, 1.807) is 42.2 Å². The Morgan fingerprint density at radius 2 is 1.67 bits per heavy atom. The molecule has 0 spiro atoms. The van der Waals surface area contributed by atoms with Crippen LogP contribution in [0.25, 0.3) is 11.0 Å². The van der Waals surface area contributed by atoms with Gasteiger partial charge in [0.1, 0.15) is 5.65 Å². The summed E-state index contributed by atoms with van der Waals surface area (Å²) in [4.78, 5) is 33.2. The molecule has 1 unspecified atom stereocenters. The molecule has 2 amide bonds. The van der Waals surface area contributed by atoms with E-state index in [1.807, 2.05) is 4.90 Å². The Morgan fingerprint density at radius 1 is 1.02 bits per heavy atom. The van der Waals surface area contributed by atoms with Crippen LogP contribution in [0.5, 0.6) is 0 Å². The maximum atomic E-state index is 14.8. The highest BCUT2D eigenvalue weighted by Gasteiger charge is 2.43. The number of nitrogens with zero attached hydrogens (tertiary/aromatic N) is 5. The minimum atomic E-state index is -4.85. The summed E-state index contributed by atoms with van der Waals surface area (Å²) in [7, 11) is 1.65. The van der Waals surface area contributed by atoms with E-state index in [0.29, 0.717) is 48.2 Å². The van der Waals surface area contributed by atoms with Crippen molar-refractivity contribution >= 4 is 28.5 Å². The van der Waals surface area contributed by atoms with Crippen LogP contribution in [0.1, 0.15) is 78.8 Å². The SMILES string of the molecule is Cn1cc(C2CCN(C(=O)C3C[C@H]4CCCC[C@H]4C3)CC2)c2c(C(F)(F)F)c(N(C#N)C(=O)c3ccccc3)cnc21. The maximum absolute atomic E-state index is 14.8. The van der Waals surface area contributed by atoms with Gasteiger partial charge in [0.05, 0.1) is 17.4 Å². The summed E-state index contributed by atoms with van der Waals surface area (Å²) in [6.45, 7) is 0.994. The van der Waals surface area contributed by atoms with Crippen molar-refractivity contribution < 1.29 is 22.8 Å². The number of alkyl halides is 3. The van der Waals surface area contributed by atoms with Crippen molar-refractivity contribution in [2.45, 2.75) is 63.5 Å². The second-order valence-corrected chi connectivity index (χ2v) is 12.1. The van der Waals surface area contributed by atoms with E-state index in [-0.39, 0.29) is 34.3 Å². The first kappa shape index (κ1) is 28.3. The van der Waals surface area contributed by atoms with Gasteiger partial charge in [-0.25, -0.2) is 9.88 Å². The van der Waals surface area contributed by atoms with Gasteiger partial charge < -0.3 is 9.47 Å². The molecule has 3 fully saturated rings. The van der Waals surface area contributed by atoms with Gasteiger partial charge in [-0.2, -0.15) is 18.4 Å². The van der Waals surface area contributed by atoms with Gasteiger partial charge in [0.15, 0.2) is 6.19 Å². The van der Waals surface area contributed by atoms with Crippen molar-refractivity contribution in [2.75, 3.05) is 18.0 Å². The number of halogens is 3. The summed E-state index contributed by atoms with van der Waals surface area (Å²) < 4.78 is 46.0. The predicted molar refractivity (Wildman–Crippen MR) is 151 cm³/mol. The highest BCUT2D eigenvalue weighted by molar-refractivity contribution is 6.09. The molecular formula is C32H34F3N5O2. The molecular weight excluding hydrogens is 543 g/mol. The molecule has 6 rings (SSSR count). The van der Waals surface area contributed by atoms with Crippen molar-refractivity contribution in [3.63, 3.8) is 0 Å². The number of carbonyl (C=O) groups is 2. The lowest BCUT2D eigenvalue weighted by Crippen LogP contribution is -2.41. The van der Waals surface area contributed by atoms with Crippen LogP contribution in [-0.4, -0.2) is 39.4 Å². The molecule has 1 aromatic carbocycles. The summed E-state index contributed by atoms with van der Waals surface area (Å²) in [6, 6.07) is 7.75. The van der Waals surface area contributed by atoms with E-state index in [2.05, 4.69) is 4.98 Å². The lowest BCUT2D eigenvalue weighted by molar-refractivity contribution is -0.136. The van der Waals surface area contributed by atoms with Crippen LogP contribution in [0.3, 0.4) is 0 Å². The molecule has 0 radical (unpaired) electrons. The van der Waals surface area contributed by atoms with Gasteiger partial charge in [-0.3, -0.25) is 9.59 Å². The number of carbonyl (C=O) groups excluding carboxylic acids is 2. The van der Waals surface area contributed by atoms with Crippen molar-refractivity contribution in [3.05, 3.63) is 59.4 Å². The van der Waals surface area contributed by atoms with Crippen LogP contribution in [-0.2, 0) is 18.0 Å². The largest absolute Gasteiger partial charge is 0.419 e. The van der Waals surface area contributed by atoms with Crippen LogP contribution >= 0.6 is 0 Å². The number of hydrogen-bond acceptors (Lipinski definition) is 4. The standard InChI is InChI=1S/C32H34F3N5O2/c1-38-18-25(20-11-13-39(14-12-20)30(41)24-15-22-9-5-6-10-23(22)16-24)27-28(32(33,34)35)26(17-37-29(27)38)40(19-36)31(42)21-7-3-2-4-8-21/h2-4,7-8,17-18,20,22-24H,5-6,9-16H2,1H3/t22-,23+,24?. The number of hydrogen-bond donors (Lipinski definition) is 0. The van der Waals surface area contributed by atoms with E-state index in [0.717, 1.165) is 19.0 Å². The molecule has 2 aliphatic carbocycles. The van der Waals surface area contributed by atoms with Crippen LogP contribution in [0.4, 0.5) is 18.9 Å². The number of fused-ring (bicyclic) bond motifs is 2. The number of aromatic nitrogens is 2. The Bertz CT molecular complexity index is 1520. The van der Waals surface area contributed by atoms with Crippen LogP contribution < -0.4 is 4.90 Å². The fourth-order valence-corrected chi connectivity index (χ4v) is 7.65. The normalized spacial score (nSPS) is 23.0. The number of pyridine rings is 1. The molecule has 0 bridgehead atoms. The third-order valence-electron chi connectivity index (χ3n) is 9.68. The summed E-state index contributed by atoms with van der Waals surface area (Å²) in [5.74, 6) is 0.498. The summed E-state index contributed by atoms with van der Waals surface area (Å²) >= 11 is 0. The molecule has 7 nitrogen and oxygen atoms in total. The molecule has 3 atom stereocenters. The van der Waals surface area contributed by atoms with E-state index < -0.39 is 23.3 Å². The fraction of sp³-hybridized carbons (Fsp3) is 0.500. The first-order valence-electron chi connectivity index (χ1n) is 14.8. The minimum Gasteiger partial charge on any atom is -0.342 e. The average Bonchev–Trinajstić information content (AvgIpc) is 3.58. The Labute approximate surface area is 242 Å². The van der Waals surface area contributed by atoms with Gasteiger partial charge in [-0.05, 0) is 61.1 Å². The van der Waals surface area contributed by atoms with Gasteiger partial charge in [-0.15, -0.1) is 0 Å². The molecule has 1 saturated heterocycles. The maximum Gasteiger partial charge on any atom is 0.419 e. The van der Waals surface area contributed by atoms with Crippen LogP contribution in [0.2, 0.25) is 0 Å². The Morgan fingerprint density at radius 3 is 2.26 bits per heavy atom. The second-order valence-electron chi connectivity index (χ2n) is 12.1. The average molecular weight is 578 g/mol. The molecule has 220 valence electrons. The zero-order valence-electron chi connectivity index (χ0n) is 23.6. The third-order valence-corrected chi connectivity index (χ3v) is 9.68. The number of likely N-dealkylation sites (tertiary alicyclic amines) is 1. The van der Waals surface area contributed by atoms with E-state index in [9.17, 15) is 28.0 Å². The first-order chi connectivity index (χ1) is 20.2. The number of amides is 2. The molecule has 42 heavy (non-hydrogen) atoms. The number of anilines is 1. The molecule has 0 N–H and O–H groups in total. The Balaban J connectivity index is 1.29. The molecule has 10 heteroatoms. The highest BCUT2D eigenvalue weighted by Crippen LogP contribution is 2.47. The predicted octanol–water partition coefficient (Wildman–Crippen LogP) is 6.64. The molecule has 3 aromatic rings. The lowest BCUT2D eigenvalue weighted by atomic mass is 9.82. The third kappa shape index (κ3) is 5.03. The smallest absolute Gasteiger partial charge is 0.342 e. The quantitative estimate of drug-likeness (QED) is 0.257. The van der Waals surface area contributed by atoms with Crippen molar-refractivity contribution in [1.29, 1.82) is 5.26 Å². The Kier molecular flexibility index (Phi) is 7.46. The highest BCUT2D eigenvalue weighted by atomic mass is 19.4. The summed E-state index contributed by atoms with van der Waals surface area (Å²) in [5, 5.41) is 9.76. The molecule has 3 heterocycles. The summed E-state index contributed by atoms with van der Waals surface area (Å²) in [6.07, 6.45) is 7.38. The van der Waals surface area contributed by atoms with Gasteiger partial charge in [-0.1, -0.05) is 43.9 Å². The van der Waals surface area contributed by atoms with Crippen LogP contribution in [0, 0.1) is 29.2 Å². The molecule has 1 aliphatic heterocycles. The lowest BCUT2D eigenvalue weighted by Gasteiger charge is -2.34. The van der Waals surface area contributed by atoms with Crippen molar-refractivity contribution in [2.24, 2.45) is 24.8 Å². The number of benzene rings is 1. The van der Waals surface area contributed by atoms with E-state index in [1.165, 1.54) is 37.8 Å². The zero-order chi connectivity index (χ0) is 29.6. The number of piperidine rings is 1. The number of aryl methyl sites for hydroxylation is 1. The van der Waals surface area contributed by atoms with Crippen molar-refractivity contribution in [3.8, 4) is 6.19 Å². The molecule has 3 aliphatic rings. The van der Waals surface area contributed by atoms with E-state index in [4.69, 9.17) is 0 Å². The van der Waals surface area contributed by atoms with Crippen LogP contribution in [0.15, 0.2) is 42.7 Å². The van der Waals surface area contributed by atoms with Gasteiger partial charge in [0.2, 0.25) is 5.91 Å². The van der Waals surface area contributed by atoms with E-state index >= 15 is 0 Å².